The molecule has 0 unspecified atom stereocenters. The van der Waals surface area contributed by atoms with Crippen LogP contribution in [0.4, 0.5) is 5.82 Å². The average Bonchev–Trinajstić information content (AvgIpc) is 2.95. The highest BCUT2D eigenvalue weighted by atomic mass is 35.5. The van der Waals surface area contributed by atoms with Crippen molar-refractivity contribution in [3.8, 4) is 45.9 Å². The fourth-order valence-electron chi connectivity index (χ4n) is 4.17. The number of benzene rings is 3. The Kier molecular flexibility index (Phi) is 6.32. The standard InChI is InChI=1S/C29H17ClN6O2/c30-20-8-12-21(13-9-20)35-28(33)23(16-31)27(24(17-32)29(35)38)19-6-10-22(11-7-19)36-26(37)15-14-25(34-36)18-4-2-1-3-5-18/h1-15H,33H2. The van der Waals surface area contributed by atoms with E-state index >= 15 is 0 Å². The molecule has 0 radical (unpaired) electrons. The Labute approximate surface area is 221 Å². The van der Waals surface area contributed by atoms with Crippen LogP contribution in [0.25, 0.3) is 33.8 Å². The number of nitriles is 2. The quantitative estimate of drug-likeness (QED) is 0.368. The van der Waals surface area contributed by atoms with Crippen molar-refractivity contribution in [2.75, 3.05) is 5.73 Å². The Balaban J connectivity index is 1.64. The minimum absolute atomic E-state index is 0.0229. The van der Waals surface area contributed by atoms with Crippen LogP contribution in [-0.2, 0) is 0 Å². The first-order valence-corrected chi connectivity index (χ1v) is 11.7. The molecule has 2 aromatic heterocycles. The summed E-state index contributed by atoms with van der Waals surface area (Å²) < 4.78 is 2.37. The van der Waals surface area contributed by atoms with Crippen molar-refractivity contribution in [1.29, 1.82) is 10.5 Å². The van der Waals surface area contributed by atoms with Gasteiger partial charge in [0, 0.05) is 22.2 Å². The van der Waals surface area contributed by atoms with E-state index in [1.807, 2.05) is 42.5 Å². The van der Waals surface area contributed by atoms with Crippen molar-refractivity contribution in [2.24, 2.45) is 0 Å². The maximum Gasteiger partial charge on any atom is 0.275 e. The highest BCUT2D eigenvalue weighted by Gasteiger charge is 2.22. The van der Waals surface area contributed by atoms with E-state index < -0.39 is 5.56 Å². The van der Waals surface area contributed by atoms with E-state index in [1.54, 1.807) is 54.6 Å². The van der Waals surface area contributed by atoms with Gasteiger partial charge in [-0.05, 0) is 48.0 Å². The summed E-state index contributed by atoms with van der Waals surface area (Å²) in [5, 5.41) is 24.8. The van der Waals surface area contributed by atoms with Crippen LogP contribution in [0.5, 0.6) is 0 Å². The third-order valence-corrected chi connectivity index (χ3v) is 6.24. The van der Waals surface area contributed by atoms with Gasteiger partial charge in [-0.3, -0.25) is 14.2 Å². The van der Waals surface area contributed by atoms with Crippen LogP contribution in [-0.4, -0.2) is 14.3 Å². The van der Waals surface area contributed by atoms with Gasteiger partial charge in [0.05, 0.1) is 17.1 Å². The number of nitrogen functional groups attached to an aromatic ring is 1. The van der Waals surface area contributed by atoms with Crippen LogP contribution in [0, 0.1) is 22.7 Å². The lowest BCUT2D eigenvalue weighted by Crippen LogP contribution is -2.26. The lowest BCUT2D eigenvalue weighted by atomic mass is 9.96. The smallest absolute Gasteiger partial charge is 0.275 e. The van der Waals surface area contributed by atoms with Crippen LogP contribution in [0.15, 0.2) is 101 Å². The maximum absolute atomic E-state index is 13.3. The van der Waals surface area contributed by atoms with Gasteiger partial charge in [-0.15, -0.1) is 0 Å². The maximum atomic E-state index is 13.3. The van der Waals surface area contributed by atoms with Crippen molar-refractivity contribution < 1.29 is 0 Å². The molecule has 0 aliphatic heterocycles. The normalized spacial score (nSPS) is 10.5. The Bertz CT molecular complexity index is 1880. The molecule has 2 heterocycles. The van der Waals surface area contributed by atoms with Crippen LogP contribution in [0.3, 0.4) is 0 Å². The summed E-state index contributed by atoms with van der Waals surface area (Å²) >= 11 is 5.96. The zero-order valence-corrected chi connectivity index (χ0v) is 20.4. The van der Waals surface area contributed by atoms with Crippen molar-refractivity contribution in [1.82, 2.24) is 14.3 Å². The van der Waals surface area contributed by atoms with E-state index in [9.17, 15) is 20.1 Å². The highest BCUT2D eigenvalue weighted by Crippen LogP contribution is 2.31. The zero-order chi connectivity index (χ0) is 26.8. The molecule has 182 valence electrons. The Morgan fingerprint density at radius 3 is 2.00 bits per heavy atom. The molecule has 0 bridgehead atoms. The third-order valence-electron chi connectivity index (χ3n) is 5.99. The predicted octanol–water partition coefficient (Wildman–Crippen LogP) is 4.70. The molecular formula is C29H17ClN6O2. The van der Waals surface area contributed by atoms with Crippen LogP contribution >= 0.6 is 11.6 Å². The lowest BCUT2D eigenvalue weighted by Gasteiger charge is -2.16. The minimum Gasteiger partial charge on any atom is -0.384 e. The van der Waals surface area contributed by atoms with E-state index in [0.717, 1.165) is 10.1 Å². The molecule has 0 spiro atoms. The monoisotopic (exact) mass is 516 g/mol. The molecule has 0 saturated carbocycles. The number of pyridine rings is 1. The van der Waals surface area contributed by atoms with Crippen LogP contribution < -0.4 is 16.9 Å². The summed E-state index contributed by atoms with van der Waals surface area (Å²) in [7, 11) is 0. The second-order valence-corrected chi connectivity index (χ2v) is 8.67. The molecule has 3 aromatic carbocycles. The average molecular weight is 517 g/mol. The minimum atomic E-state index is -0.668. The molecule has 0 aliphatic carbocycles. The molecule has 5 rings (SSSR count). The Morgan fingerprint density at radius 1 is 0.737 bits per heavy atom. The molecule has 9 heteroatoms. The molecule has 0 saturated heterocycles. The van der Waals surface area contributed by atoms with Gasteiger partial charge < -0.3 is 5.73 Å². The molecule has 0 fully saturated rings. The second kappa shape index (κ2) is 9.90. The van der Waals surface area contributed by atoms with Crippen molar-refractivity contribution in [2.45, 2.75) is 0 Å². The molecule has 0 aliphatic rings. The van der Waals surface area contributed by atoms with Gasteiger partial charge in [-0.2, -0.15) is 20.3 Å². The first-order chi connectivity index (χ1) is 18.4. The number of hydrogen-bond donors (Lipinski definition) is 1. The summed E-state index contributed by atoms with van der Waals surface area (Å²) in [4.78, 5) is 25.9. The van der Waals surface area contributed by atoms with Crippen molar-refractivity contribution in [3.63, 3.8) is 0 Å². The first-order valence-electron chi connectivity index (χ1n) is 11.3. The number of hydrogen-bond acceptors (Lipinski definition) is 6. The van der Waals surface area contributed by atoms with Crippen LogP contribution in [0.2, 0.25) is 5.02 Å². The van der Waals surface area contributed by atoms with Crippen LogP contribution in [0.1, 0.15) is 11.1 Å². The molecule has 0 amide bonds. The van der Waals surface area contributed by atoms with E-state index in [-0.39, 0.29) is 28.1 Å². The number of rotatable bonds is 4. The number of nitrogens with zero attached hydrogens (tertiary/aromatic N) is 5. The molecule has 38 heavy (non-hydrogen) atoms. The Hall–Kier alpha value is -5.44. The second-order valence-electron chi connectivity index (χ2n) is 8.23. The van der Waals surface area contributed by atoms with E-state index in [2.05, 4.69) is 5.10 Å². The fourth-order valence-corrected chi connectivity index (χ4v) is 4.30. The van der Waals surface area contributed by atoms with E-state index in [0.29, 0.717) is 27.7 Å². The molecular weight excluding hydrogens is 500 g/mol. The van der Waals surface area contributed by atoms with Gasteiger partial charge >= 0.3 is 0 Å². The SMILES string of the molecule is N#Cc1c(-c2ccc(-n3nc(-c4ccccc4)ccc3=O)cc2)c(C#N)c(=O)n(-c2ccc(Cl)cc2)c1N. The number of aromatic nitrogens is 3. The molecule has 8 nitrogen and oxygen atoms in total. The van der Waals surface area contributed by atoms with Crippen molar-refractivity contribution in [3.05, 3.63) is 128 Å². The van der Waals surface area contributed by atoms with Crippen molar-refractivity contribution >= 4 is 17.4 Å². The van der Waals surface area contributed by atoms with E-state index in [4.69, 9.17) is 17.3 Å². The van der Waals surface area contributed by atoms with E-state index in [1.165, 1.54) is 10.7 Å². The number of nitrogens with two attached hydrogens (primary N) is 1. The summed E-state index contributed by atoms with van der Waals surface area (Å²) in [6, 6.07) is 29.3. The summed E-state index contributed by atoms with van der Waals surface area (Å²) in [5.41, 5.74) is 7.87. The Morgan fingerprint density at radius 2 is 1.37 bits per heavy atom. The third kappa shape index (κ3) is 4.22. The van der Waals surface area contributed by atoms with Gasteiger partial charge in [-0.25, -0.2) is 0 Å². The summed E-state index contributed by atoms with van der Waals surface area (Å²) in [5.74, 6) is -0.105. The fraction of sp³-hybridized carbons (Fsp3) is 0. The largest absolute Gasteiger partial charge is 0.384 e. The first kappa shape index (κ1) is 24.3. The predicted molar refractivity (Wildman–Crippen MR) is 145 cm³/mol. The van der Waals surface area contributed by atoms with Gasteiger partial charge in [0.2, 0.25) is 0 Å². The summed E-state index contributed by atoms with van der Waals surface area (Å²) in [6.07, 6.45) is 0. The topological polar surface area (TPSA) is 130 Å². The zero-order valence-electron chi connectivity index (χ0n) is 19.7. The van der Waals surface area contributed by atoms with Gasteiger partial charge in [0.1, 0.15) is 29.1 Å². The molecule has 2 N–H and O–H groups in total. The lowest BCUT2D eigenvalue weighted by molar-refractivity contribution is 0.812. The van der Waals surface area contributed by atoms with Gasteiger partial charge in [-0.1, -0.05) is 54.1 Å². The van der Waals surface area contributed by atoms with Gasteiger partial charge in [0.15, 0.2) is 0 Å². The number of halogens is 1. The van der Waals surface area contributed by atoms with Gasteiger partial charge in [0.25, 0.3) is 11.1 Å². The molecule has 0 atom stereocenters. The highest BCUT2D eigenvalue weighted by molar-refractivity contribution is 6.30. The molecule has 5 aromatic rings. The number of anilines is 1. The summed E-state index contributed by atoms with van der Waals surface area (Å²) in [6.45, 7) is 0.